The summed E-state index contributed by atoms with van der Waals surface area (Å²) in [5.41, 5.74) is 3.87. The first-order valence-electron chi connectivity index (χ1n) is 8.33. The van der Waals surface area contributed by atoms with Crippen molar-refractivity contribution in [1.29, 1.82) is 0 Å². The average Bonchev–Trinajstić information content (AvgIpc) is 2.65. The van der Waals surface area contributed by atoms with E-state index in [4.69, 9.17) is 9.72 Å². The molecule has 0 amide bonds. The van der Waals surface area contributed by atoms with Crippen LogP contribution in [0.15, 0.2) is 64.4 Å². The molecule has 4 nitrogen and oxygen atoms in total. The summed E-state index contributed by atoms with van der Waals surface area (Å²) in [6.45, 7) is 2.06. The first-order valence-corrected chi connectivity index (χ1v) is 9.32. The molecule has 4 rings (SSSR count). The lowest BCUT2D eigenvalue weighted by Gasteiger charge is -2.09. The SMILES string of the molecule is COc1ccc2nc(SCc3cc(=O)[nH]c4ccccc34)c(C)cc2c1. The normalized spacial score (nSPS) is 11.2. The Morgan fingerprint density at radius 3 is 2.81 bits per heavy atom. The van der Waals surface area contributed by atoms with E-state index in [-0.39, 0.29) is 5.56 Å². The number of thioether (sulfide) groups is 1. The molecule has 0 aliphatic rings. The maximum absolute atomic E-state index is 11.9. The molecule has 0 fully saturated rings. The summed E-state index contributed by atoms with van der Waals surface area (Å²) < 4.78 is 5.28. The van der Waals surface area contributed by atoms with Gasteiger partial charge in [0.05, 0.1) is 17.7 Å². The minimum Gasteiger partial charge on any atom is -0.497 e. The summed E-state index contributed by atoms with van der Waals surface area (Å²) in [5.74, 6) is 1.52. The third-order valence-electron chi connectivity index (χ3n) is 4.37. The second kappa shape index (κ2) is 6.84. The van der Waals surface area contributed by atoms with Crippen LogP contribution in [0.1, 0.15) is 11.1 Å². The summed E-state index contributed by atoms with van der Waals surface area (Å²) >= 11 is 1.65. The molecule has 0 aliphatic heterocycles. The lowest BCUT2D eigenvalue weighted by Crippen LogP contribution is -2.06. The van der Waals surface area contributed by atoms with Crippen molar-refractivity contribution in [2.45, 2.75) is 17.7 Å². The van der Waals surface area contributed by atoms with Crippen LogP contribution < -0.4 is 10.3 Å². The molecule has 130 valence electrons. The number of H-pyrrole nitrogens is 1. The van der Waals surface area contributed by atoms with Gasteiger partial charge < -0.3 is 9.72 Å². The first-order chi connectivity index (χ1) is 12.6. The Hall–Kier alpha value is -2.79. The summed E-state index contributed by atoms with van der Waals surface area (Å²) in [7, 11) is 1.66. The van der Waals surface area contributed by atoms with Gasteiger partial charge in [-0.05, 0) is 48.4 Å². The molecule has 26 heavy (non-hydrogen) atoms. The van der Waals surface area contributed by atoms with Crippen molar-refractivity contribution < 1.29 is 4.74 Å². The van der Waals surface area contributed by atoms with Crippen LogP contribution in [0.4, 0.5) is 0 Å². The number of fused-ring (bicyclic) bond motifs is 2. The van der Waals surface area contributed by atoms with Gasteiger partial charge in [0.15, 0.2) is 0 Å². The van der Waals surface area contributed by atoms with E-state index >= 15 is 0 Å². The third-order valence-corrected chi connectivity index (χ3v) is 5.51. The fourth-order valence-corrected chi connectivity index (χ4v) is 4.04. The summed E-state index contributed by atoms with van der Waals surface area (Å²) in [6, 6.07) is 17.6. The molecule has 0 radical (unpaired) electrons. The van der Waals surface area contributed by atoms with Gasteiger partial charge in [0.25, 0.3) is 0 Å². The predicted octanol–water partition coefficient (Wildman–Crippen LogP) is 4.69. The Morgan fingerprint density at radius 2 is 1.96 bits per heavy atom. The molecular formula is C21H18N2O2S. The maximum Gasteiger partial charge on any atom is 0.248 e. The molecule has 1 N–H and O–H groups in total. The van der Waals surface area contributed by atoms with Crippen LogP contribution in [-0.4, -0.2) is 17.1 Å². The second-order valence-electron chi connectivity index (χ2n) is 6.16. The molecule has 5 heteroatoms. The Morgan fingerprint density at radius 1 is 1.12 bits per heavy atom. The Labute approximate surface area is 155 Å². The second-order valence-corrected chi connectivity index (χ2v) is 7.13. The predicted molar refractivity (Wildman–Crippen MR) is 107 cm³/mol. The van der Waals surface area contributed by atoms with Gasteiger partial charge in [-0.15, -0.1) is 11.8 Å². The summed E-state index contributed by atoms with van der Waals surface area (Å²) in [4.78, 5) is 19.6. The van der Waals surface area contributed by atoms with Gasteiger partial charge in [-0.2, -0.15) is 0 Å². The molecule has 0 saturated heterocycles. The molecular weight excluding hydrogens is 344 g/mol. The number of nitrogens with one attached hydrogen (secondary N) is 1. The highest BCUT2D eigenvalue weighted by molar-refractivity contribution is 7.98. The van der Waals surface area contributed by atoms with Gasteiger partial charge in [-0.3, -0.25) is 4.79 Å². The number of aromatic nitrogens is 2. The van der Waals surface area contributed by atoms with Crippen molar-refractivity contribution in [3.8, 4) is 5.75 Å². The minimum atomic E-state index is -0.0745. The van der Waals surface area contributed by atoms with Crippen LogP contribution >= 0.6 is 11.8 Å². The van der Waals surface area contributed by atoms with Crippen LogP contribution in [0, 0.1) is 6.92 Å². The Balaban J connectivity index is 1.68. The Bertz CT molecular complexity index is 1170. The quantitative estimate of drug-likeness (QED) is 0.535. The van der Waals surface area contributed by atoms with Crippen molar-refractivity contribution in [2.75, 3.05) is 7.11 Å². The van der Waals surface area contributed by atoms with E-state index in [1.165, 1.54) is 0 Å². The van der Waals surface area contributed by atoms with Gasteiger partial charge in [-0.25, -0.2) is 4.98 Å². The number of ether oxygens (including phenoxy) is 1. The average molecular weight is 362 g/mol. The van der Waals surface area contributed by atoms with E-state index in [0.717, 1.165) is 43.7 Å². The van der Waals surface area contributed by atoms with E-state index in [0.29, 0.717) is 5.75 Å². The lowest BCUT2D eigenvalue weighted by atomic mass is 10.1. The van der Waals surface area contributed by atoms with Crippen LogP contribution in [0.5, 0.6) is 5.75 Å². The number of hydrogen-bond donors (Lipinski definition) is 1. The van der Waals surface area contributed by atoms with E-state index in [1.807, 2.05) is 42.5 Å². The van der Waals surface area contributed by atoms with Gasteiger partial charge in [-0.1, -0.05) is 18.2 Å². The van der Waals surface area contributed by atoms with Crippen molar-refractivity contribution in [1.82, 2.24) is 9.97 Å². The molecule has 0 bridgehead atoms. The number of aromatic amines is 1. The number of rotatable bonds is 4. The first kappa shape index (κ1) is 16.7. The number of para-hydroxylation sites is 1. The summed E-state index contributed by atoms with van der Waals surface area (Å²) in [5, 5.41) is 3.11. The lowest BCUT2D eigenvalue weighted by molar-refractivity contribution is 0.415. The third kappa shape index (κ3) is 3.18. The van der Waals surface area contributed by atoms with Gasteiger partial charge in [0, 0.05) is 28.1 Å². The number of hydrogen-bond acceptors (Lipinski definition) is 4. The fourth-order valence-electron chi connectivity index (χ4n) is 3.06. The van der Waals surface area contributed by atoms with Gasteiger partial charge in [0.1, 0.15) is 5.75 Å². The molecule has 0 unspecified atom stereocenters. The van der Waals surface area contributed by atoms with Crippen molar-refractivity contribution >= 4 is 33.6 Å². The van der Waals surface area contributed by atoms with Crippen LogP contribution in [0.2, 0.25) is 0 Å². The molecule has 4 aromatic rings. The largest absolute Gasteiger partial charge is 0.497 e. The topological polar surface area (TPSA) is 55.0 Å². The summed E-state index contributed by atoms with van der Waals surface area (Å²) in [6.07, 6.45) is 0. The molecule has 2 heterocycles. The molecule has 0 spiro atoms. The molecule has 2 aromatic carbocycles. The van der Waals surface area contributed by atoms with Crippen molar-refractivity contribution in [3.63, 3.8) is 0 Å². The van der Waals surface area contributed by atoms with Gasteiger partial charge in [0.2, 0.25) is 5.56 Å². The van der Waals surface area contributed by atoms with E-state index < -0.39 is 0 Å². The van der Waals surface area contributed by atoms with Crippen molar-refractivity contribution in [2.24, 2.45) is 0 Å². The fraction of sp³-hybridized carbons (Fsp3) is 0.143. The van der Waals surface area contributed by atoms with Crippen LogP contribution in [0.3, 0.4) is 0 Å². The maximum atomic E-state index is 11.9. The number of benzene rings is 2. The zero-order chi connectivity index (χ0) is 18.1. The number of pyridine rings is 2. The number of nitrogens with zero attached hydrogens (tertiary/aromatic N) is 1. The molecule has 2 aromatic heterocycles. The van der Waals surface area contributed by atoms with E-state index in [2.05, 4.69) is 18.0 Å². The highest BCUT2D eigenvalue weighted by Gasteiger charge is 2.08. The molecule has 0 aliphatic carbocycles. The minimum absolute atomic E-state index is 0.0745. The molecule has 0 atom stereocenters. The highest BCUT2D eigenvalue weighted by atomic mass is 32.2. The van der Waals surface area contributed by atoms with Crippen molar-refractivity contribution in [3.05, 3.63) is 76.1 Å². The zero-order valence-corrected chi connectivity index (χ0v) is 15.4. The van der Waals surface area contributed by atoms with E-state index in [1.54, 1.807) is 24.9 Å². The van der Waals surface area contributed by atoms with Crippen LogP contribution in [0.25, 0.3) is 21.8 Å². The number of aryl methyl sites for hydroxylation is 1. The standard InChI is InChI=1S/C21H18N2O2S/c1-13-9-14-10-16(25-2)7-8-18(14)23-21(13)26-12-15-11-20(24)22-19-6-4-3-5-17(15)19/h3-11H,12H2,1-2H3,(H,22,24). The highest BCUT2D eigenvalue weighted by Crippen LogP contribution is 2.30. The smallest absolute Gasteiger partial charge is 0.248 e. The number of methoxy groups -OCH3 is 1. The van der Waals surface area contributed by atoms with E-state index in [9.17, 15) is 4.79 Å². The van der Waals surface area contributed by atoms with Gasteiger partial charge >= 0.3 is 0 Å². The monoisotopic (exact) mass is 362 g/mol. The zero-order valence-electron chi connectivity index (χ0n) is 14.6. The van der Waals surface area contributed by atoms with Crippen LogP contribution in [-0.2, 0) is 5.75 Å². The Kier molecular flexibility index (Phi) is 4.39. The molecule has 0 saturated carbocycles.